The summed E-state index contributed by atoms with van der Waals surface area (Å²) in [7, 11) is 0. The summed E-state index contributed by atoms with van der Waals surface area (Å²) in [4.78, 5) is 0. The molecule has 0 amide bonds. The van der Waals surface area contributed by atoms with Gasteiger partial charge >= 0.3 is 11.8 Å². The third-order valence-electron chi connectivity index (χ3n) is 2.90. The van der Waals surface area contributed by atoms with E-state index in [9.17, 15) is 30.7 Å². The van der Waals surface area contributed by atoms with Gasteiger partial charge in [-0.05, 0) is 6.08 Å². The summed E-state index contributed by atoms with van der Waals surface area (Å²) in [5.74, 6) is -10.7. The Morgan fingerprint density at radius 2 is 1.59 bits per heavy atom. The Morgan fingerprint density at radius 3 is 2.06 bits per heavy atom. The summed E-state index contributed by atoms with van der Waals surface area (Å²) in [5.41, 5.74) is -6.27. The second kappa shape index (κ2) is 2.99. The molecule has 0 aromatic rings. The Kier molecular flexibility index (Phi) is 2.24. The zero-order valence-electron chi connectivity index (χ0n) is 7.83. The highest BCUT2D eigenvalue weighted by Crippen LogP contribution is 2.68. The summed E-state index contributed by atoms with van der Waals surface area (Å²) in [5, 5.41) is -4.85. The topological polar surface area (TPSA) is 0 Å². The van der Waals surface area contributed by atoms with Crippen molar-refractivity contribution < 1.29 is 30.7 Å². The van der Waals surface area contributed by atoms with Crippen molar-refractivity contribution in [3.63, 3.8) is 0 Å². The smallest absolute Gasteiger partial charge is 0.239 e. The van der Waals surface area contributed by atoms with Crippen molar-refractivity contribution in [3.05, 3.63) is 23.8 Å². The van der Waals surface area contributed by atoms with Crippen LogP contribution in [-0.2, 0) is 0 Å². The lowest BCUT2D eigenvalue weighted by atomic mass is 9.87. The van der Waals surface area contributed by atoms with Crippen LogP contribution in [0.5, 0.6) is 0 Å². The Bertz CT molecular complexity index is 425. The number of fused-ring (bicyclic) bond motifs is 1. The summed E-state index contributed by atoms with van der Waals surface area (Å²) >= 11 is 4.57. The van der Waals surface area contributed by atoms with E-state index in [1.165, 1.54) is 0 Å². The molecule has 0 spiro atoms. The van der Waals surface area contributed by atoms with Crippen LogP contribution in [0.3, 0.4) is 0 Å². The summed E-state index contributed by atoms with van der Waals surface area (Å²) in [6.45, 7) is 0. The van der Waals surface area contributed by atoms with Gasteiger partial charge in [0.05, 0.1) is 5.57 Å². The fourth-order valence-electron chi connectivity index (χ4n) is 1.92. The molecule has 17 heavy (non-hydrogen) atoms. The quantitative estimate of drug-likeness (QED) is 0.469. The first-order valence-electron chi connectivity index (χ1n) is 4.37. The molecule has 0 aliphatic heterocycles. The highest BCUT2D eigenvalue weighted by Gasteiger charge is 2.89. The zero-order valence-corrected chi connectivity index (χ0v) is 8.59. The van der Waals surface area contributed by atoms with Crippen molar-refractivity contribution in [2.24, 2.45) is 0 Å². The molecule has 3 atom stereocenters. The van der Waals surface area contributed by atoms with Gasteiger partial charge in [0.25, 0.3) is 5.13 Å². The van der Waals surface area contributed by atoms with Crippen molar-refractivity contribution in [2.75, 3.05) is 0 Å². The van der Waals surface area contributed by atoms with Gasteiger partial charge in [0.2, 0.25) is 5.67 Å². The second-order valence-electron chi connectivity index (χ2n) is 3.80. The van der Waals surface area contributed by atoms with Gasteiger partial charge in [0, 0.05) is 0 Å². The lowest BCUT2D eigenvalue weighted by Gasteiger charge is -2.32. The van der Waals surface area contributed by atoms with Crippen LogP contribution in [-0.4, -0.2) is 28.8 Å². The molecular weight excluding hydrogens is 277 g/mol. The summed E-state index contributed by atoms with van der Waals surface area (Å²) in [6.07, 6.45) is -1.84. The zero-order chi connectivity index (χ0) is 13.3. The SMILES string of the molecule is FC1C=CC=C2C(F)(F)C(F)(F)C(F)(Cl)C21F. The van der Waals surface area contributed by atoms with Crippen LogP contribution in [0.4, 0.5) is 30.7 Å². The minimum atomic E-state index is -5.54. The number of hydrogen-bond donors (Lipinski definition) is 0. The van der Waals surface area contributed by atoms with Crippen molar-refractivity contribution in [1.82, 2.24) is 0 Å². The van der Waals surface area contributed by atoms with E-state index >= 15 is 0 Å². The molecule has 0 aromatic heterocycles. The van der Waals surface area contributed by atoms with E-state index in [-0.39, 0.29) is 6.08 Å². The number of alkyl halides is 8. The Balaban J connectivity index is 2.76. The predicted octanol–water partition coefficient (Wildman–Crippen LogP) is 3.72. The molecule has 0 bridgehead atoms. The van der Waals surface area contributed by atoms with Crippen LogP contribution in [0, 0.1) is 0 Å². The maximum atomic E-state index is 14.0. The molecular formula is C9H4ClF7. The molecule has 3 unspecified atom stereocenters. The lowest BCUT2D eigenvalue weighted by molar-refractivity contribution is -0.214. The number of rotatable bonds is 0. The first-order chi connectivity index (χ1) is 7.51. The van der Waals surface area contributed by atoms with E-state index in [1.54, 1.807) is 0 Å². The molecule has 1 fully saturated rings. The molecule has 0 aromatic carbocycles. The van der Waals surface area contributed by atoms with Crippen molar-refractivity contribution >= 4 is 11.6 Å². The summed E-state index contributed by atoms with van der Waals surface area (Å²) in [6, 6.07) is 0. The van der Waals surface area contributed by atoms with Crippen molar-refractivity contribution in [1.29, 1.82) is 0 Å². The summed E-state index contributed by atoms with van der Waals surface area (Å²) < 4.78 is 93.2. The molecule has 2 rings (SSSR count). The first-order valence-corrected chi connectivity index (χ1v) is 4.75. The van der Waals surface area contributed by atoms with E-state index < -0.39 is 34.4 Å². The van der Waals surface area contributed by atoms with Gasteiger partial charge in [-0.2, -0.15) is 17.6 Å². The van der Waals surface area contributed by atoms with E-state index in [1.807, 2.05) is 0 Å². The number of hydrogen-bond acceptors (Lipinski definition) is 0. The average Bonchev–Trinajstić information content (AvgIpc) is 2.27. The molecule has 0 radical (unpaired) electrons. The van der Waals surface area contributed by atoms with Gasteiger partial charge < -0.3 is 0 Å². The minimum Gasteiger partial charge on any atom is -0.239 e. The third-order valence-corrected chi connectivity index (χ3v) is 3.41. The normalized spacial score (nSPS) is 46.6. The van der Waals surface area contributed by atoms with Crippen LogP contribution in [0.25, 0.3) is 0 Å². The van der Waals surface area contributed by atoms with Crippen LogP contribution >= 0.6 is 11.6 Å². The molecule has 8 heteroatoms. The van der Waals surface area contributed by atoms with Crippen molar-refractivity contribution in [2.45, 2.75) is 28.8 Å². The molecule has 0 nitrogen and oxygen atoms in total. The maximum Gasteiger partial charge on any atom is 0.364 e. The van der Waals surface area contributed by atoms with Gasteiger partial charge in [0.1, 0.15) is 0 Å². The largest absolute Gasteiger partial charge is 0.364 e. The van der Waals surface area contributed by atoms with E-state index in [2.05, 4.69) is 11.6 Å². The average molecular weight is 281 g/mol. The molecule has 2 aliphatic rings. The molecule has 0 N–H and O–H groups in total. The van der Waals surface area contributed by atoms with E-state index in [0.29, 0.717) is 12.2 Å². The van der Waals surface area contributed by atoms with Crippen LogP contribution in [0.15, 0.2) is 23.8 Å². The standard InChI is InChI=1S/C9H4ClF7/c10-8(15)6(12)4(2-1-3-5(6)11)7(13,14)9(8,16)17/h1-3,5H. The van der Waals surface area contributed by atoms with Gasteiger partial charge in [-0.1, -0.05) is 23.8 Å². The van der Waals surface area contributed by atoms with E-state index in [0.717, 1.165) is 0 Å². The lowest BCUT2D eigenvalue weighted by Crippen LogP contribution is -2.55. The fourth-order valence-corrected chi connectivity index (χ4v) is 2.25. The van der Waals surface area contributed by atoms with Gasteiger partial charge in [0.15, 0.2) is 6.17 Å². The molecule has 96 valence electrons. The molecule has 0 heterocycles. The third kappa shape index (κ3) is 1.07. The Morgan fingerprint density at radius 1 is 1.06 bits per heavy atom. The van der Waals surface area contributed by atoms with Crippen LogP contribution < -0.4 is 0 Å². The maximum absolute atomic E-state index is 14.0. The highest BCUT2D eigenvalue weighted by atomic mass is 35.5. The van der Waals surface area contributed by atoms with Gasteiger partial charge in [-0.3, -0.25) is 0 Å². The van der Waals surface area contributed by atoms with Gasteiger partial charge in [-0.15, -0.1) is 0 Å². The Labute approximate surface area is 95.7 Å². The van der Waals surface area contributed by atoms with E-state index in [4.69, 9.17) is 0 Å². The number of allylic oxidation sites excluding steroid dienone is 4. The molecule has 1 saturated carbocycles. The van der Waals surface area contributed by atoms with Crippen LogP contribution in [0.2, 0.25) is 0 Å². The molecule has 0 saturated heterocycles. The Hall–Kier alpha value is -0.720. The predicted molar refractivity (Wildman–Crippen MR) is 45.5 cm³/mol. The van der Waals surface area contributed by atoms with Crippen LogP contribution in [0.1, 0.15) is 0 Å². The van der Waals surface area contributed by atoms with Gasteiger partial charge in [-0.25, -0.2) is 13.2 Å². The minimum absolute atomic E-state index is 0.216. The number of halogens is 8. The molecule has 2 aliphatic carbocycles. The van der Waals surface area contributed by atoms with Crippen molar-refractivity contribution in [3.8, 4) is 0 Å². The highest BCUT2D eigenvalue weighted by molar-refractivity contribution is 6.25. The first kappa shape index (κ1) is 12.7. The second-order valence-corrected chi connectivity index (χ2v) is 4.32. The fraction of sp³-hybridized carbons (Fsp3) is 0.556. The monoisotopic (exact) mass is 280 g/mol.